The van der Waals surface area contributed by atoms with Gasteiger partial charge < -0.3 is 15.7 Å². The third kappa shape index (κ3) is 1.97. The molecule has 1 saturated carbocycles. The molecule has 3 unspecified atom stereocenters. The maximum atomic E-state index is 12.8. The molecule has 0 spiro atoms. The molecule has 3 atom stereocenters. The number of rotatable bonds is 2. The molecule has 0 amide bonds. The summed E-state index contributed by atoms with van der Waals surface area (Å²) in [6.45, 7) is 0.489. The van der Waals surface area contributed by atoms with Crippen LogP contribution in [0.5, 0.6) is 0 Å². The molecule has 0 bridgehead atoms. The second-order valence-electron chi connectivity index (χ2n) is 5.36. The zero-order valence-corrected chi connectivity index (χ0v) is 10.4. The number of carboxylic acid groups (broad SMARTS) is 1. The van der Waals surface area contributed by atoms with Crippen LogP contribution in [0.1, 0.15) is 12.0 Å². The van der Waals surface area contributed by atoms with Crippen molar-refractivity contribution in [1.29, 1.82) is 0 Å². The average molecular weight is 286 g/mol. The fraction of sp³-hybridized carbons (Fsp3) is 0.462. The third-order valence-electron chi connectivity index (χ3n) is 4.08. The number of benzene rings is 1. The number of nitrogens with two attached hydrogens (primary N) is 1. The van der Waals surface area contributed by atoms with Crippen molar-refractivity contribution in [2.45, 2.75) is 18.6 Å². The first kappa shape index (κ1) is 13.1. The maximum Gasteiger partial charge on any atom is 0.418 e. The van der Waals surface area contributed by atoms with Gasteiger partial charge in [0.05, 0.1) is 5.56 Å². The Morgan fingerprint density at radius 2 is 2.10 bits per heavy atom. The van der Waals surface area contributed by atoms with Gasteiger partial charge in [0.15, 0.2) is 0 Å². The number of anilines is 2. The predicted molar refractivity (Wildman–Crippen MR) is 66.2 cm³/mol. The van der Waals surface area contributed by atoms with Gasteiger partial charge in [0, 0.05) is 17.9 Å². The van der Waals surface area contributed by atoms with Crippen molar-refractivity contribution in [3.63, 3.8) is 0 Å². The van der Waals surface area contributed by atoms with Crippen molar-refractivity contribution in [3.05, 3.63) is 23.8 Å². The topological polar surface area (TPSA) is 66.6 Å². The Morgan fingerprint density at radius 1 is 1.40 bits per heavy atom. The summed E-state index contributed by atoms with van der Waals surface area (Å²) in [6, 6.07) is 2.84. The van der Waals surface area contributed by atoms with Gasteiger partial charge in [-0.2, -0.15) is 13.2 Å². The minimum absolute atomic E-state index is 0.0550. The first-order chi connectivity index (χ1) is 9.29. The molecule has 1 aliphatic carbocycles. The summed E-state index contributed by atoms with van der Waals surface area (Å²) in [5.41, 5.74) is 4.35. The average Bonchev–Trinajstić information content (AvgIpc) is 2.98. The van der Waals surface area contributed by atoms with Crippen LogP contribution in [0.3, 0.4) is 0 Å². The lowest BCUT2D eigenvalue weighted by atomic mass is 10.1. The van der Waals surface area contributed by atoms with Crippen LogP contribution >= 0.6 is 0 Å². The van der Waals surface area contributed by atoms with Gasteiger partial charge in [-0.15, -0.1) is 0 Å². The number of nitrogens with zero attached hydrogens (tertiary/aromatic N) is 1. The van der Waals surface area contributed by atoms with Gasteiger partial charge in [-0.3, -0.25) is 0 Å². The Morgan fingerprint density at radius 3 is 2.70 bits per heavy atom. The Balaban J connectivity index is 1.97. The molecule has 20 heavy (non-hydrogen) atoms. The standard InChI is InChI=1S/C13H13F3N2O2/c14-13(15,16)9-4-7(1-2-10(9)17)18-5-6-3-8(6)11(18)12(19)20/h1-2,4,6,8,11H,3,5,17H2,(H,19,20). The van der Waals surface area contributed by atoms with Crippen molar-refractivity contribution in [1.82, 2.24) is 0 Å². The van der Waals surface area contributed by atoms with Gasteiger partial charge in [-0.1, -0.05) is 0 Å². The minimum atomic E-state index is -4.54. The van der Waals surface area contributed by atoms with Gasteiger partial charge in [0.1, 0.15) is 6.04 Å². The highest BCUT2D eigenvalue weighted by Crippen LogP contribution is 2.51. The number of alkyl halides is 3. The second-order valence-corrected chi connectivity index (χ2v) is 5.36. The summed E-state index contributed by atoms with van der Waals surface area (Å²) in [7, 11) is 0. The van der Waals surface area contributed by atoms with E-state index in [0.717, 1.165) is 12.5 Å². The fourth-order valence-electron chi connectivity index (χ4n) is 3.02. The van der Waals surface area contributed by atoms with Crippen molar-refractivity contribution >= 4 is 17.3 Å². The number of fused-ring (bicyclic) bond motifs is 1. The molecule has 0 radical (unpaired) electrons. The maximum absolute atomic E-state index is 12.8. The van der Waals surface area contributed by atoms with Crippen LogP contribution in [0.2, 0.25) is 0 Å². The largest absolute Gasteiger partial charge is 0.480 e. The smallest absolute Gasteiger partial charge is 0.418 e. The van der Waals surface area contributed by atoms with Crippen molar-refractivity contribution in [2.24, 2.45) is 11.8 Å². The van der Waals surface area contributed by atoms with Crippen LogP contribution in [-0.4, -0.2) is 23.7 Å². The monoisotopic (exact) mass is 286 g/mol. The number of hydrogen-bond donors (Lipinski definition) is 2. The molecule has 2 fully saturated rings. The lowest BCUT2D eigenvalue weighted by Crippen LogP contribution is -2.39. The van der Waals surface area contributed by atoms with E-state index in [9.17, 15) is 23.1 Å². The van der Waals surface area contributed by atoms with E-state index in [1.807, 2.05) is 0 Å². The predicted octanol–water partition coefficient (Wildman–Crippen LogP) is 2.20. The van der Waals surface area contributed by atoms with E-state index in [1.165, 1.54) is 17.0 Å². The highest BCUT2D eigenvalue weighted by Gasteiger charge is 2.55. The van der Waals surface area contributed by atoms with Gasteiger partial charge in [0.25, 0.3) is 0 Å². The van der Waals surface area contributed by atoms with E-state index in [2.05, 4.69) is 0 Å². The van der Waals surface area contributed by atoms with Gasteiger partial charge >= 0.3 is 12.1 Å². The molecule has 2 aliphatic rings. The van der Waals surface area contributed by atoms with Crippen molar-refractivity contribution in [2.75, 3.05) is 17.2 Å². The molecule has 4 nitrogen and oxygen atoms in total. The first-order valence-electron chi connectivity index (χ1n) is 6.25. The van der Waals surface area contributed by atoms with Crippen LogP contribution in [-0.2, 0) is 11.0 Å². The number of halogens is 3. The lowest BCUT2D eigenvalue weighted by Gasteiger charge is -2.27. The van der Waals surface area contributed by atoms with Gasteiger partial charge in [-0.25, -0.2) is 4.79 Å². The Bertz CT molecular complexity index is 573. The molecule has 7 heteroatoms. The molecule has 1 aliphatic heterocycles. The molecule has 1 heterocycles. The molecule has 3 rings (SSSR count). The van der Waals surface area contributed by atoms with Crippen LogP contribution in [0.15, 0.2) is 18.2 Å². The summed E-state index contributed by atoms with van der Waals surface area (Å²) in [4.78, 5) is 12.8. The number of nitrogen functional groups attached to an aromatic ring is 1. The number of hydrogen-bond acceptors (Lipinski definition) is 3. The van der Waals surface area contributed by atoms with Gasteiger partial charge in [0.2, 0.25) is 0 Å². The highest BCUT2D eigenvalue weighted by atomic mass is 19.4. The number of carboxylic acids is 1. The lowest BCUT2D eigenvalue weighted by molar-refractivity contribution is -0.138. The van der Waals surface area contributed by atoms with E-state index in [4.69, 9.17) is 5.73 Å². The fourth-order valence-corrected chi connectivity index (χ4v) is 3.02. The molecule has 1 saturated heterocycles. The normalized spacial score (nSPS) is 28.4. The van der Waals surface area contributed by atoms with Crippen LogP contribution in [0, 0.1) is 11.8 Å². The first-order valence-corrected chi connectivity index (χ1v) is 6.25. The van der Waals surface area contributed by atoms with Gasteiger partial charge in [-0.05, 0) is 36.5 Å². The quantitative estimate of drug-likeness (QED) is 0.818. The van der Waals surface area contributed by atoms with E-state index in [1.54, 1.807) is 0 Å². The zero-order valence-electron chi connectivity index (χ0n) is 10.4. The van der Waals surface area contributed by atoms with E-state index >= 15 is 0 Å². The Kier molecular flexibility index (Phi) is 2.64. The molecule has 1 aromatic carbocycles. The summed E-state index contributed by atoms with van der Waals surface area (Å²) >= 11 is 0. The number of piperidine rings is 1. The molecule has 3 N–H and O–H groups in total. The molecular weight excluding hydrogens is 273 g/mol. The Labute approximate surface area is 113 Å². The number of aliphatic carboxylic acids is 1. The number of carbonyl (C=O) groups is 1. The van der Waals surface area contributed by atoms with Crippen molar-refractivity contribution in [3.8, 4) is 0 Å². The van der Waals surface area contributed by atoms with Crippen LogP contribution in [0.25, 0.3) is 0 Å². The SMILES string of the molecule is Nc1ccc(N2CC3CC3C2C(=O)O)cc1C(F)(F)F. The van der Waals surface area contributed by atoms with Crippen LogP contribution < -0.4 is 10.6 Å². The summed E-state index contributed by atoms with van der Waals surface area (Å²) in [5.74, 6) is -0.650. The third-order valence-corrected chi connectivity index (χ3v) is 4.08. The summed E-state index contributed by atoms with van der Waals surface area (Å²) in [6.07, 6.45) is -3.70. The zero-order chi connectivity index (χ0) is 14.7. The highest BCUT2D eigenvalue weighted by molar-refractivity contribution is 5.81. The molecule has 0 aromatic heterocycles. The van der Waals surface area contributed by atoms with Crippen LogP contribution in [0.4, 0.5) is 24.5 Å². The Hall–Kier alpha value is -1.92. The summed E-state index contributed by atoms with van der Waals surface area (Å²) in [5, 5.41) is 9.24. The van der Waals surface area contributed by atoms with E-state index in [-0.39, 0.29) is 23.2 Å². The second kappa shape index (κ2) is 4.04. The molecule has 108 valence electrons. The van der Waals surface area contributed by atoms with Crippen molar-refractivity contribution < 1.29 is 23.1 Å². The summed E-state index contributed by atoms with van der Waals surface area (Å²) < 4.78 is 38.5. The van der Waals surface area contributed by atoms with E-state index < -0.39 is 23.8 Å². The molecular formula is C13H13F3N2O2. The van der Waals surface area contributed by atoms with E-state index in [0.29, 0.717) is 6.54 Å². The minimum Gasteiger partial charge on any atom is -0.480 e. The molecule has 1 aromatic rings.